The first-order chi connectivity index (χ1) is 61.7. The predicted molar refractivity (Wildman–Crippen MR) is 480 cm³/mol. The average Bonchev–Trinajstić information content (AvgIpc) is 0.855. The van der Waals surface area contributed by atoms with Crippen LogP contribution in [0.5, 0.6) is 57.5 Å². The van der Waals surface area contributed by atoms with Crippen LogP contribution in [0.2, 0.25) is 10.0 Å². The Kier molecular flexibility index (Phi) is 34.1. The minimum atomic E-state index is -0.492. The van der Waals surface area contributed by atoms with Gasteiger partial charge in [-0.1, -0.05) is 81.2 Å². The van der Waals surface area contributed by atoms with Crippen molar-refractivity contribution >= 4 is 52.1 Å². The molecule has 0 unspecified atom stereocenters. The lowest BCUT2D eigenvalue weighted by atomic mass is 10.1. The first kappa shape index (κ1) is 93.7. The first-order valence-corrected chi connectivity index (χ1v) is 41.5. The highest BCUT2D eigenvalue weighted by molar-refractivity contribution is 6.30. The van der Waals surface area contributed by atoms with Gasteiger partial charge in [-0.3, -0.25) is 63.8 Å². The van der Waals surface area contributed by atoms with Gasteiger partial charge in [-0.15, -0.1) is 0 Å². The lowest BCUT2D eigenvalue weighted by molar-refractivity contribution is 0.0978. The molecule has 0 saturated heterocycles. The standard InChI is InChI=1S/2C20H18ClN3O2.C20H18FN3O2.2C19H18N4O2/c1-12-4-5-16(24-14(12)3)8-20(25)19-9-17(6-13(2)23-19)26-18-7-15(21)10-22-11-18;1-3-15-5-4-6-16(24-15)9-20(25)19-10-17(7-13(2)23-19)26-18-8-14(21)11-22-12-18;1-3-15-7-17(26-18-6-14(21)11-22-12-18)9-19(24-15)20(25)8-16-5-4-13(2)10-23-16;2*1-3-14-7-16(25-17-10-20-12-21-11-17)9-18(23-14)19(24)8-15-6-4-5-13(2)22-15/h4-7,9-11H,8H2,1-3H3;4-8,10-12H,3,9H2,1-2H3;4-7,9-12H,3,8H2,1-2H3;2*4-7,9-12H,3,8H2,1-2H3. The Hall–Kier alpha value is -15.0. The number of rotatable bonds is 29. The number of hydrogen-bond acceptors (Lipinski definition) is 27. The third-order valence-corrected chi connectivity index (χ3v) is 18.8. The van der Waals surface area contributed by atoms with Crippen molar-refractivity contribution in [2.45, 2.75) is 134 Å². The molecule has 15 aromatic rings. The monoisotopic (exact) mass is 1750 g/mol. The van der Waals surface area contributed by atoms with Crippen LogP contribution in [0.4, 0.5) is 4.39 Å². The Labute approximate surface area is 749 Å². The number of carbonyl (C=O) groups excluding carboxylic acids is 5. The number of pyridine rings is 13. The smallest absolute Gasteiger partial charge is 0.187 e. The van der Waals surface area contributed by atoms with Gasteiger partial charge in [-0.05, 0) is 134 Å². The van der Waals surface area contributed by atoms with Gasteiger partial charge >= 0.3 is 0 Å². The molecule has 27 nitrogen and oxygen atoms in total. The molecule has 0 spiro atoms. The molecule has 0 aliphatic heterocycles. The van der Waals surface area contributed by atoms with Crippen molar-refractivity contribution in [2.75, 3.05) is 0 Å². The third kappa shape index (κ3) is 29.9. The van der Waals surface area contributed by atoms with Crippen LogP contribution in [0.25, 0.3) is 0 Å². The van der Waals surface area contributed by atoms with Crippen LogP contribution in [-0.4, -0.2) is 114 Å². The van der Waals surface area contributed by atoms with Crippen LogP contribution in [-0.2, 0) is 57.8 Å². The van der Waals surface area contributed by atoms with Crippen LogP contribution < -0.4 is 23.7 Å². The Balaban J connectivity index is 0.000000155. The van der Waals surface area contributed by atoms with E-state index in [-0.39, 0.29) is 66.8 Å². The van der Waals surface area contributed by atoms with E-state index in [4.69, 9.17) is 46.9 Å². The quantitative estimate of drug-likeness (QED) is 0.0393. The molecule has 30 heteroatoms. The van der Waals surface area contributed by atoms with E-state index in [2.05, 4.69) is 84.7 Å². The highest BCUT2D eigenvalue weighted by atomic mass is 35.5. The maximum absolute atomic E-state index is 13.3. The molecule has 0 aliphatic carbocycles. The summed E-state index contributed by atoms with van der Waals surface area (Å²) in [7, 11) is 0. The van der Waals surface area contributed by atoms with Crippen molar-refractivity contribution in [1.82, 2.24) is 84.7 Å². The Morgan fingerprint density at radius 2 is 0.617 bits per heavy atom. The second kappa shape index (κ2) is 46.6. The molecule has 15 heterocycles. The van der Waals surface area contributed by atoms with E-state index in [1.54, 1.807) is 104 Å². The fraction of sp³-hybridized carbons (Fsp3) is 0.204. The van der Waals surface area contributed by atoms with E-state index >= 15 is 0 Å². The minimum Gasteiger partial charge on any atom is -0.456 e. The molecular formula is C98H90Cl2FN17O10. The van der Waals surface area contributed by atoms with E-state index in [0.29, 0.717) is 132 Å². The van der Waals surface area contributed by atoms with Crippen molar-refractivity contribution in [1.29, 1.82) is 0 Å². The number of aryl methyl sites for hydroxylation is 11. The first-order valence-electron chi connectivity index (χ1n) is 40.8. The molecule has 0 aliphatic rings. The summed E-state index contributed by atoms with van der Waals surface area (Å²) < 4.78 is 41.9. The number of halogens is 3. The van der Waals surface area contributed by atoms with Gasteiger partial charge in [-0.25, -0.2) is 49.2 Å². The number of Topliss-reactive ketones (excluding diaryl/α,β-unsaturated/α-hetero) is 5. The Morgan fingerprint density at radius 1 is 0.281 bits per heavy atom. The molecule has 0 bridgehead atoms. The van der Waals surface area contributed by atoms with Crippen LogP contribution in [0.1, 0.15) is 171 Å². The summed E-state index contributed by atoms with van der Waals surface area (Å²) in [5.41, 5.74) is 14.8. The molecule has 648 valence electrons. The van der Waals surface area contributed by atoms with E-state index < -0.39 is 5.82 Å². The Morgan fingerprint density at radius 3 is 0.992 bits per heavy atom. The highest BCUT2D eigenvalue weighted by Gasteiger charge is 2.21. The van der Waals surface area contributed by atoms with Gasteiger partial charge in [0.1, 0.15) is 92.9 Å². The lowest BCUT2D eigenvalue weighted by Gasteiger charge is -2.09. The second-order valence-electron chi connectivity index (χ2n) is 29.0. The molecule has 0 radical (unpaired) electrons. The molecule has 0 fully saturated rings. The Bertz CT molecular complexity index is 6240. The molecule has 0 aromatic carbocycles. The van der Waals surface area contributed by atoms with Crippen LogP contribution in [0, 0.1) is 54.3 Å². The van der Waals surface area contributed by atoms with Crippen molar-refractivity contribution < 1.29 is 52.0 Å². The van der Waals surface area contributed by atoms with E-state index in [1.807, 2.05) is 167 Å². The summed E-state index contributed by atoms with van der Waals surface area (Å²) in [6, 6.07) is 46.1. The highest BCUT2D eigenvalue weighted by Crippen LogP contribution is 2.30. The molecule has 15 aromatic heterocycles. The fourth-order valence-electron chi connectivity index (χ4n) is 12.1. The van der Waals surface area contributed by atoms with Gasteiger partial charge in [0.25, 0.3) is 0 Å². The summed E-state index contributed by atoms with van der Waals surface area (Å²) in [5, 5.41) is 0.955. The normalized spacial score (nSPS) is 10.5. The molecule has 0 saturated carbocycles. The lowest BCUT2D eigenvalue weighted by Crippen LogP contribution is -2.09. The van der Waals surface area contributed by atoms with Crippen molar-refractivity contribution in [3.63, 3.8) is 0 Å². The van der Waals surface area contributed by atoms with Crippen molar-refractivity contribution in [2.24, 2.45) is 0 Å². The number of aromatic nitrogens is 17. The summed E-state index contributed by atoms with van der Waals surface area (Å²) in [6.45, 7) is 21.2. The zero-order valence-corrected chi connectivity index (χ0v) is 73.7. The molecule has 128 heavy (non-hydrogen) atoms. The SMILES string of the molecule is CCc1cc(Oc2cncc(F)c2)cc(C(=O)Cc2ccc(C)cn2)n1.CCc1cc(Oc2cncnc2)cc(C(=O)Cc2cccc(C)n2)n1.CCc1cc(Oc2cncnc2)cc(C(=O)Cc2cccc(C)n2)n1.CCc1cccc(CC(=O)c2cc(Oc3cncc(Cl)c3)cc(C)n2)n1.Cc1cc(Oc2cncc(Cl)c2)cc(C(=O)Cc2ccc(C)c(C)n2)n1. The topological polar surface area (TPSA) is 351 Å². The summed E-state index contributed by atoms with van der Waals surface area (Å²) in [5.74, 6) is 3.75. The van der Waals surface area contributed by atoms with Gasteiger partial charge in [0.2, 0.25) is 0 Å². The van der Waals surface area contributed by atoms with Gasteiger partial charge in [0.05, 0.1) is 91.7 Å². The third-order valence-electron chi connectivity index (χ3n) is 18.4. The van der Waals surface area contributed by atoms with Gasteiger partial charge in [-0.2, -0.15) is 0 Å². The average molecular weight is 1760 g/mol. The molecule has 15 rings (SSSR count). The number of ether oxygens (including phenoxy) is 5. The van der Waals surface area contributed by atoms with Gasteiger partial charge in [0, 0.05) is 177 Å². The van der Waals surface area contributed by atoms with Crippen LogP contribution >= 0.6 is 23.2 Å². The van der Waals surface area contributed by atoms with Gasteiger partial charge < -0.3 is 23.7 Å². The maximum atomic E-state index is 13.3. The largest absolute Gasteiger partial charge is 0.456 e. The summed E-state index contributed by atoms with van der Waals surface area (Å²) >= 11 is 11.8. The summed E-state index contributed by atoms with van der Waals surface area (Å²) in [4.78, 5) is 134. The van der Waals surface area contributed by atoms with Crippen molar-refractivity contribution in [3.8, 4) is 57.5 Å². The molecule has 0 atom stereocenters. The molecular weight excluding hydrogens is 1670 g/mol. The number of nitrogens with zero attached hydrogens (tertiary/aromatic N) is 17. The van der Waals surface area contributed by atoms with Crippen molar-refractivity contribution in [3.05, 3.63) is 374 Å². The molecule has 0 N–H and O–H groups in total. The predicted octanol–water partition coefficient (Wildman–Crippen LogP) is 20.1. The van der Waals surface area contributed by atoms with E-state index in [9.17, 15) is 28.4 Å². The van der Waals surface area contributed by atoms with Crippen LogP contribution in [0.3, 0.4) is 0 Å². The summed E-state index contributed by atoms with van der Waals surface area (Å²) in [6.07, 6.45) is 23.4. The van der Waals surface area contributed by atoms with Crippen LogP contribution in [0.15, 0.2) is 239 Å². The second-order valence-corrected chi connectivity index (χ2v) is 29.9. The molecule has 0 amide bonds. The van der Waals surface area contributed by atoms with E-state index in [1.165, 1.54) is 37.3 Å². The fourth-order valence-corrected chi connectivity index (χ4v) is 12.4. The number of carbonyl (C=O) groups is 5. The zero-order chi connectivity index (χ0) is 91.0. The number of ketones is 5. The van der Waals surface area contributed by atoms with Gasteiger partial charge in [0.15, 0.2) is 40.4 Å². The van der Waals surface area contributed by atoms with E-state index in [0.717, 1.165) is 80.7 Å². The number of hydrogen-bond donors (Lipinski definition) is 0. The maximum Gasteiger partial charge on any atom is 0.187 e. The minimum absolute atomic E-state index is 0.0949. The zero-order valence-electron chi connectivity index (χ0n) is 72.2.